The summed E-state index contributed by atoms with van der Waals surface area (Å²) in [5.41, 5.74) is 0.0411. The molecule has 4 aliphatic carbocycles. The second-order valence-corrected chi connectivity index (χ2v) is 12.3. The Balaban J connectivity index is 1.34. The summed E-state index contributed by atoms with van der Waals surface area (Å²) in [5, 5.41) is 15.5. The summed E-state index contributed by atoms with van der Waals surface area (Å²) in [6.45, 7) is 7.34. The van der Waals surface area contributed by atoms with Crippen molar-refractivity contribution in [2.24, 2.45) is 40.4 Å². The van der Waals surface area contributed by atoms with Gasteiger partial charge in [-0.2, -0.15) is 5.10 Å². The van der Waals surface area contributed by atoms with Crippen LogP contribution >= 0.6 is 11.6 Å². The van der Waals surface area contributed by atoms with Crippen LogP contribution in [0, 0.1) is 40.4 Å². The predicted molar refractivity (Wildman–Crippen MR) is 118 cm³/mol. The molecule has 5 rings (SSSR count). The van der Waals surface area contributed by atoms with Gasteiger partial charge >= 0.3 is 0 Å². The number of Topliss-reactive ketones (excluding diaryl/α,β-unsaturated/α-hetero) is 1. The third-order valence-corrected chi connectivity index (χ3v) is 10.5. The fraction of sp³-hybridized carbons (Fsp3) is 0.840. The van der Waals surface area contributed by atoms with Gasteiger partial charge in [-0.3, -0.25) is 9.48 Å². The van der Waals surface area contributed by atoms with Crippen LogP contribution in [0.1, 0.15) is 78.6 Å². The Labute approximate surface area is 185 Å². The van der Waals surface area contributed by atoms with Crippen LogP contribution in [0.5, 0.6) is 0 Å². The highest BCUT2D eigenvalue weighted by atomic mass is 35.5. The number of aliphatic hydroxyl groups is 1. The molecule has 0 bridgehead atoms. The van der Waals surface area contributed by atoms with Crippen molar-refractivity contribution in [2.45, 2.75) is 90.7 Å². The van der Waals surface area contributed by atoms with Gasteiger partial charge in [-0.25, -0.2) is 0 Å². The molecule has 0 radical (unpaired) electrons. The van der Waals surface area contributed by atoms with Gasteiger partial charge < -0.3 is 5.11 Å². The summed E-state index contributed by atoms with van der Waals surface area (Å²) >= 11 is 5.99. The monoisotopic (exact) mass is 432 g/mol. The summed E-state index contributed by atoms with van der Waals surface area (Å²) in [6.07, 6.45) is 13.7. The van der Waals surface area contributed by atoms with Gasteiger partial charge in [-0.05, 0) is 99.2 Å². The zero-order valence-electron chi connectivity index (χ0n) is 18.7. The van der Waals surface area contributed by atoms with E-state index in [-0.39, 0.29) is 11.3 Å². The molecule has 4 nitrogen and oxygen atoms in total. The molecule has 4 fully saturated rings. The second-order valence-electron chi connectivity index (χ2n) is 11.9. The number of nitrogens with zero attached hydrogens (tertiary/aromatic N) is 2. The number of halogens is 1. The van der Waals surface area contributed by atoms with E-state index in [9.17, 15) is 9.90 Å². The van der Waals surface area contributed by atoms with Gasteiger partial charge in [0, 0.05) is 12.1 Å². The molecule has 0 aromatic carbocycles. The molecule has 166 valence electrons. The molecule has 0 aliphatic heterocycles. The normalized spacial score (nSPS) is 48.0. The van der Waals surface area contributed by atoms with Crippen molar-refractivity contribution in [2.75, 3.05) is 0 Å². The SMILES string of the molecule is C[C@@]1(O)CC[C@]2(C)C3CC[C@]4(C)[C@@H](C(=O)Cn5cc(Cl)cn5)CC[C@H]4[C@@H]3CC[C@@H]2C1. The summed E-state index contributed by atoms with van der Waals surface area (Å²) in [4.78, 5) is 13.3. The zero-order valence-corrected chi connectivity index (χ0v) is 19.5. The highest BCUT2D eigenvalue weighted by Crippen LogP contribution is 2.68. The Kier molecular flexibility index (Phi) is 4.95. The smallest absolute Gasteiger partial charge is 0.157 e. The Bertz CT molecular complexity index is 835. The van der Waals surface area contributed by atoms with Gasteiger partial charge in [0.05, 0.1) is 23.4 Å². The minimum Gasteiger partial charge on any atom is -0.390 e. The average molecular weight is 433 g/mol. The van der Waals surface area contributed by atoms with Crippen molar-refractivity contribution in [3.8, 4) is 0 Å². The van der Waals surface area contributed by atoms with Crippen molar-refractivity contribution in [3.05, 3.63) is 17.4 Å². The lowest BCUT2D eigenvalue weighted by atomic mass is 9.44. The molecule has 8 atom stereocenters. The Morgan fingerprint density at radius 2 is 1.87 bits per heavy atom. The Morgan fingerprint density at radius 3 is 2.60 bits per heavy atom. The highest BCUT2D eigenvalue weighted by Gasteiger charge is 2.61. The van der Waals surface area contributed by atoms with Crippen LogP contribution in [0.15, 0.2) is 12.4 Å². The molecule has 30 heavy (non-hydrogen) atoms. The first-order valence-corrected chi connectivity index (χ1v) is 12.4. The van der Waals surface area contributed by atoms with Gasteiger partial charge in [0.25, 0.3) is 0 Å². The van der Waals surface area contributed by atoms with E-state index in [0.717, 1.165) is 37.5 Å². The molecule has 0 saturated heterocycles. The second kappa shape index (κ2) is 7.07. The minimum atomic E-state index is -0.472. The predicted octanol–water partition coefficient (Wildman–Crippen LogP) is 5.52. The third kappa shape index (κ3) is 3.20. The van der Waals surface area contributed by atoms with Gasteiger partial charge in [-0.1, -0.05) is 25.4 Å². The van der Waals surface area contributed by atoms with E-state index in [2.05, 4.69) is 18.9 Å². The molecule has 5 heteroatoms. The molecule has 1 heterocycles. The molecule has 1 aromatic heterocycles. The van der Waals surface area contributed by atoms with E-state index in [1.54, 1.807) is 17.1 Å². The number of hydrogen-bond donors (Lipinski definition) is 1. The first kappa shape index (κ1) is 21.0. The van der Waals surface area contributed by atoms with Crippen LogP contribution in [-0.4, -0.2) is 26.3 Å². The van der Waals surface area contributed by atoms with Crippen LogP contribution < -0.4 is 0 Å². The van der Waals surface area contributed by atoms with E-state index in [1.165, 1.54) is 32.1 Å². The molecular weight excluding hydrogens is 396 g/mol. The van der Waals surface area contributed by atoms with E-state index in [1.807, 2.05) is 6.92 Å². The summed E-state index contributed by atoms with van der Waals surface area (Å²) in [7, 11) is 0. The van der Waals surface area contributed by atoms with Crippen molar-refractivity contribution in [1.82, 2.24) is 9.78 Å². The number of hydrogen-bond acceptors (Lipinski definition) is 3. The highest BCUT2D eigenvalue weighted by molar-refractivity contribution is 6.30. The molecule has 1 unspecified atom stereocenters. The van der Waals surface area contributed by atoms with Crippen LogP contribution in [-0.2, 0) is 11.3 Å². The third-order valence-electron chi connectivity index (χ3n) is 10.3. The Hall–Kier alpha value is -0.870. The summed E-state index contributed by atoms with van der Waals surface area (Å²) < 4.78 is 1.70. The number of ketones is 1. The van der Waals surface area contributed by atoms with Gasteiger partial charge in [0.15, 0.2) is 5.78 Å². The lowest BCUT2D eigenvalue weighted by Crippen LogP contribution is -2.55. The molecule has 4 aliphatic rings. The van der Waals surface area contributed by atoms with E-state index in [0.29, 0.717) is 34.6 Å². The maximum Gasteiger partial charge on any atom is 0.157 e. The largest absolute Gasteiger partial charge is 0.390 e. The minimum absolute atomic E-state index is 0.137. The maximum atomic E-state index is 13.3. The summed E-state index contributed by atoms with van der Waals surface area (Å²) in [6, 6.07) is 0. The maximum absolute atomic E-state index is 13.3. The number of carbonyl (C=O) groups is 1. The molecule has 0 spiro atoms. The number of carbonyl (C=O) groups excluding carboxylic acids is 1. The van der Waals surface area contributed by atoms with Crippen LogP contribution in [0.25, 0.3) is 0 Å². The molecule has 1 aromatic rings. The number of rotatable bonds is 3. The van der Waals surface area contributed by atoms with Crippen molar-refractivity contribution >= 4 is 17.4 Å². The van der Waals surface area contributed by atoms with E-state index < -0.39 is 5.60 Å². The van der Waals surface area contributed by atoms with Crippen LogP contribution in [0.4, 0.5) is 0 Å². The quantitative estimate of drug-likeness (QED) is 0.684. The molecule has 1 N–H and O–H groups in total. The van der Waals surface area contributed by atoms with Crippen molar-refractivity contribution in [1.29, 1.82) is 0 Å². The fourth-order valence-electron chi connectivity index (χ4n) is 8.65. The van der Waals surface area contributed by atoms with E-state index >= 15 is 0 Å². The van der Waals surface area contributed by atoms with Crippen molar-refractivity contribution < 1.29 is 9.90 Å². The van der Waals surface area contributed by atoms with E-state index in [4.69, 9.17) is 11.6 Å². The molecule has 0 amide bonds. The average Bonchev–Trinajstić information content (AvgIpc) is 3.24. The van der Waals surface area contributed by atoms with Gasteiger partial charge in [0.2, 0.25) is 0 Å². The molecular formula is C25H37ClN2O2. The Morgan fingerprint density at radius 1 is 1.10 bits per heavy atom. The lowest BCUT2D eigenvalue weighted by Gasteiger charge is -2.61. The number of aromatic nitrogens is 2. The number of fused-ring (bicyclic) bond motifs is 5. The van der Waals surface area contributed by atoms with Gasteiger partial charge in [-0.15, -0.1) is 0 Å². The fourth-order valence-corrected chi connectivity index (χ4v) is 8.81. The van der Waals surface area contributed by atoms with Crippen LogP contribution in [0.2, 0.25) is 5.02 Å². The topological polar surface area (TPSA) is 55.1 Å². The summed E-state index contributed by atoms with van der Waals surface area (Å²) in [5.74, 6) is 3.35. The first-order valence-electron chi connectivity index (χ1n) is 12.1. The van der Waals surface area contributed by atoms with Gasteiger partial charge in [0.1, 0.15) is 0 Å². The van der Waals surface area contributed by atoms with Crippen molar-refractivity contribution in [3.63, 3.8) is 0 Å². The zero-order chi connectivity index (χ0) is 21.3. The lowest BCUT2D eigenvalue weighted by molar-refractivity contribution is -0.151. The first-order chi connectivity index (χ1) is 14.1. The van der Waals surface area contributed by atoms with Crippen LogP contribution in [0.3, 0.4) is 0 Å². The standard InChI is InChI=1S/C25H37ClN2O2/c1-23(30)10-11-24(2)16(12-23)4-5-18-19-6-7-21(25(19,3)9-8-20(18)24)22(29)15-28-14-17(26)13-27-28/h13-14,16,18-21,30H,4-12,15H2,1-3H3/t16-,18+,19+,20?,21-,23-,24+,25+/m1/s1. The molecule has 4 saturated carbocycles.